The lowest BCUT2D eigenvalue weighted by molar-refractivity contribution is 0.0698. The molecule has 0 aromatic heterocycles. The van der Waals surface area contributed by atoms with E-state index in [1.165, 1.54) is 15.4 Å². The molecule has 0 N–H and O–H groups in total. The fourth-order valence-corrected chi connectivity index (χ4v) is 5.61. The summed E-state index contributed by atoms with van der Waals surface area (Å²) in [5.41, 5.74) is 4.46. The van der Waals surface area contributed by atoms with Gasteiger partial charge in [0.15, 0.2) is 0 Å². The highest BCUT2D eigenvalue weighted by molar-refractivity contribution is 7.89. The fourth-order valence-electron chi connectivity index (χ4n) is 4.19. The van der Waals surface area contributed by atoms with E-state index in [9.17, 15) is 13.2 Å². The van der Waals surface area contributed by atoms with E-state index >= 15 is 0 Å². The second-order valence-electron chi connectivity index (χ2n) is 8.26. The Balaban J connectivity index is 1.42. The second kappa shape index (κ2) is 7.92. The van der Waals surface area contributed by atoms with E-state index in [-0.39, 0.29) is 5.91 Å². The fraction of sp³-hybridized carbons (Fsp3) is 0.435. The summed E-state index contributed by atoms with van der Waals surface area (Å²) in [7, 11) is -3.53. The number of nitrogens with zero attached hydrogens (tertiary/aromatic N) is 2. The van der Waals surface area contributed by atoms with Crippen molar-refractivity contribution >= 4 is 15.9 Å². The maximum absolute atomic E-state index is 13.0. The highest BCUT2D eigenvalue weighted by atomic mass is 32.2. The smallest absolute Gasteiger partial charge is 0.253 e. The molecular weight excluding hydrogens is 384 g/mol. The first kappa shape index (κ1) is 20.1. The van der Waals surface area contributed by atoms with Crippen LogP contribution in [-0.4, -0.2) is 49.7 Å². The van der Waals surface area contributed by atoms with Crippen LogP contribution in [0.2, 0.25) is 0 Å². The number of hydrogen-bond donors (Lipinski definition) is 0. The summed E-state index contributed by atoms with van der Waals surface area (Å²) in [6.45, 7) is 5.65. The van der Waals surface area contributed by atoms with Gasteiger partial charge in [0.1, 0.15) is 0 Å². The highest BCUT2D eigenvalue weighted by Gasteiger charge is 2.30. The van der Waals surface area contributed by atoms with Crippen molar-refractivity contribution in [3.8, 4) is 0 Å². The van der Waals surface area contributed by atoms with Crippen LogP contribution in [0.3, 0.4) is 0 Å². The van der Waals surface area contributed by atoms with E-state index in [1.807, 2.05) is 24.3 Å². The molecule has 0 radical (unpaired) electrons. The number of sulfonamides is 1. The monoisotopic (exact) mass is 412 g/mol. The second-order valence-corrected chi connectivity index (χ2v) is 10.2. The first-order valence-corrected chi connectivity index (χ1v) is 11.8. The van der Waals surface area contributed by atoms with Gasteiger partial charge in [0.2, 0.25) is 10.0 Å². The number of benzene rings is 2. The third-order valence-electron chi connectivity index (χ3n) is 6.06. The molecular formula is C23H28N2O3S. The maximum atomic E-state index is 13.0. The predicted molar refractivity (Wildman–Crippen MR) is 114 cm³/mol. The van der Waals surface area contributed by atoms with Crippen LogP contribution in [0.1, 0.15) is 53.2 Å². The molecule has 2 aliphatic rings. The summed E-state index contributed by atoms with van der Waals surface area (Å²) in [5, 5.41) is 0. The Hall–Kier alpha value is -2.18. The molecule has 2 aromatic carbocycles. The molecule has 0 saturated carbocycles. The molecule has 0 unspecified atom stereocenters. The number of piperazine rings is 1. The zero-order valence-corrected chi connectivity index (χ0v) is 17.9. The molecule has 0 bridgehead atoms. The summed E-state index contributed by atoms with van der Waals surface area (Å²) in [5.74, 6) is 0.360. The van der Waals surface area contributed by atoms with Crippen molar-refractivity contribution in [1.29, 1.82) is 0 Å². The average molecular weight is 413 g/mol. The van der Waals surface area contributed by atoms with Gasteiger partial charge >= 0.3 is 0 Å². The van der Waals surface area contributed by atoms with Crippen LogP contribution in [0.25, 0.3) is 0 Å². The maximum Gasteiger partial charge on any atom is 0.253 e. The van der Waals surface area contributed by atoms with Gasteiger partial charge < -0.3 is 4.90 Å². The lowest BCUT2D eigenvalue weighted by Gasteiger charge is -2.34. The first-order valence-electron chi connectivity index (χ1n) is 10.4. The van der Waals surface area contributed by atoms with Crippen LogP contribution in [0.5, 0.6) is 0 Å². The van der Waals surface area contributed by atoms with Gasteiger partial charge in [-0.3, -0.25) is 4.79 Å². The van der Waals surface area contributed by atoms with Crippen molar-refractivity contribution in [2.45, 2.75) is 43.9 Å². The molecule has 1 amide bonds. The van der Waals surface area contributed by atoms with Crippen molar-refractivity contribution in [3.63, 3.8) is 0 Å². The van der Waals surface area contributed by atoms with Crippen molar-refractivity contribution in [2.75, 3.05) is 26.2 Å². The minimum absolute atomic E-state index is 0.00182. The number of fused-ring (bicyclic) bond motifs is 1. The SMILES string of the molecule is CC(C)c1ccc(S(=O)(=O)N2CCN(C(=O)c3ccc4c(c3)CCC4)CC2)cc1. The summed E-state index contributed by atoms with van der Waals surface area (Å²) in [4.78, 5) is 15.0. The van der Waals surface area contributed by atoms with E-state index in [0.717, 1.165) is 24.8 Å². The minimum Gasteiger partial charge on any atom is -0.336 e. The third kappa shape index (κ3) is 3.96. The molecule has 1 aliphatic carbocycles. The van der Waals surface area contributed by atoms with Gasteiger partial charge in [-0.2, -0.15) is 4.31 Å². The van der Waals surface area contributed by atoms with Crippen molar-refractivity contribution < 1.29 is 13.2 Å². The predicted octanol–water partition coefficient (Wildman–Crippen LogP) is 3.45. The van der Waals surface area contributed by atoms with E-state index in [2.05, 4.69) is 19.9 Å². The van der Waals surface area contributed by atoms with Crippen LogP contribution in [0, 0.1) is 0 Å². The number of carbonyl (C=O) groups excluding carboxylic acids is 1. The Kier molecular flexibility index (Phi) is 5.49. The summed E-state index contributed by atoms with van der Waals surface area (Å²) >= 11 is 0. The molecule has 5 nitrogen and oxygen atoms in total. The van der Waals surface area contributed by atoms with Crippen molar-refractivity contribution in [1.82, 2.24) is 9.21 Å². The van der Waals surface area contributed by atoms with Crippen molar-refractivity contribution in [3.05, 3.63) is 64.7 Å². The number of carbonyl (C=O) groups is 1. The Morgan fingerprint density at radius 1 is 0.897 bits per heavy atom. The van der Waals surface area contributed by atoms with Gasteiger partial charge in [0.25, 0.3) is 5.91 Å². The standard InChI is InChI=1S/C23H28N2O3S/c1-17(2)18-8-10-22(11-9-18)29(27,28)25-14-12-24(13-15-25)23(26)21-7-6-19-4-3-5-20(19)16-21/h6-11,16-17H,3-5,12-15H2,1-2H3. The van der Waals surface area contributed by atoms with Crippen LogP contribution in [0.4, 0.5) is 0 Å². The molecule has 29 heavy (non-hydrogen) atoms. The largest absolute Gasteiger partial charge is 0.336 e. The molecule has 1 aliphatic heterocycles. The topological polar surface area (TPSA) is 57.7 Å². The summed E-state index contributed by atoms with van der Waals surface area (Å²) < 4.78 is 27.4. The lowest BCUT2D eigenvalue weighted by Crippen LogP contribution is -2.50. The Morgan fingerprint density at radius 3 is 2.21 bits per heavy atom. The van der Waals surface area contributed by atoms with E-state index < -0.39 is 10.0 Å². The number of rotatable bonds is 4. The number of hydrogen-bond acceptors (Lipinski definition) is 3. The van der Waals surface area contributed by atoms with Crippen molar-refractivity contribution in [2.24, 2.45) is 0 Å². The van der Waals surface area contributed by atoms with Crippen LogP contribution < -0.4 is 0 Å². The summed E-state index contributed by atoms with van der Waals surface area (Å²) in [6, 6.07) is 13.1. The van der Waals surface area contributed by atoms with Gasteiger partial charge in [-0.25, -0.2) is 8.42 Å². The number of amides is 1. The first-order chi connectivity index (χ1) is 13.9. The Morgan fingerprint density at radius 2 is 1.55 bits per heavy atom. The summed E-state index contributed by atoms with van der Waals surface area (Å²) in [6.07, 6.45) is 3.29. The highest BCUT2D eigenvalue weighted by Crippen LogP contribution is 2.25. The van der Waals surface area contributed by atoms with Gasteiger partial charge in [-0.05, 0) is 66.1 Å². The normalized spacial score (nSPS) is 17.6. The number of aryl methyl sites for hydroxylation is 2. The quantitative estimate of drug-likeness (QED) is 0.773. The molecule has 1 heterocycles. The van der Waals surface area contributed by atoms with E-state index in [0.29, 0.717) is 42.6 Å². The van der Waals surface area contributed by atoms with Crippen LogP contribution >= 0.6 is 0 Å². The molecule has 1 saturated heterocycles. The molecule has 0 atom stereocenters. The molecule has 4 rings (SSSR count). The van der Waals surface area contributed by atoms with Crippen LogP contribution in [0.15, 0.2) is 47.4 Å². The van der Waals surface area contributed by atoms with Gasteiger partial charge in [0.05, 0.1) is 4.90 Å². The Bertz CT molecular complexity index is 1000. The molecule has 0 spiro atoms. The zero-order chi connectivity index (χ0) is 20.6. The molecule has 154 valence electrons. The zero-order valence-electron chi connectivity index (χ0n) is 17.1. The van der Waals surface area contributed by atoms with E-state index in [1.54, 1.807) is 17.0 Å². The van der Waals surface area contributed by atoms with Gasteiger partial charge in [-0.1, -0.05) is 32.0 Å². The Labute approximate surface area is 173 Å². The van der Waals surface area contributed by atoms with Gasteiger partial charge in [0, 0.05) is 31.7 Å². The van der Waals surface area contributed by atoms with E-state index in [4.69, 9.17) is 0 Å². The van der Waals surface area contributed by atoms with Crippen LogP contribution in [-0.2, 0) is 22.9 Å². The third-order valence-corrected chi connectivity index (χ3v) is 7.97. The minimum atomic E-state index is -3.53. The molecule has 1 fully saturated rings. The average Bonchev–Trinajstić information content (AvgIpc) is 3.21. The molecule has 6 heteroatoms. The molecule has 2 aromatic rings. The lowest BCUT2D eigenvalue weighted by atomic mass is 10.0. The van der Waals surface area contributed by atoms with Gasteiger partial charge in [-0.15, -0.1) is 0 Å².